The van der Waals surface area contributed by atoms with Gasteiger partial charge in [0.05, 0.1) is 0 Å². The Balaban J connectivity index is 1.43. The maximum atomic E-state index is 2.56. The molecule has 0 bridgehead atoms. The molecule has 0 aliphatic heterocycles. The van der Waals surface area contributed by atoms with Crippen LogP contribution in [-0.4, -0.2) is 0 Å². The van der Waals surface area contributed by atoms with E-state index in [2.05, 4.69) is 172 Å². The van der Waals surface area contributed by atoms with Crippen LogP contribution >= 0.6 is 0 Å². The van der Waals surface area contributed by atoms with E-state index in [-0.39, 0.29) is 5.41 Å². The van der Waals surface area contributed by atoms with Gasteiger partial charge < -0.3 is 0 Å². The van der Waals surface area contributed by atoms with Crippen molar-refractivity contribution >= 4 is 75.4 Å². The first-order valence-corrected chi connectivity index (χ1v) is 18.1. The van der Waals surface area contributed by atoms with E-state index in [1.807, 2.05) is 0 Å². The van der Waals surface area contributed by atoms with Crippen molar-refractivity contribution in [2.45, 2.75) is 19.3 Å². The van der Waals surface area contributed by atoms with E-state index in [4.69, 9.17) is 0 Å². The lowest BCUT2D eigenvalue weighted by molar-refractivity contribution is 0.666. The standard InChI is InChI=1S/C51H32/c1-51(2)42-26-12-11-21-33(42)39-28-41-46-36(24-14-25-37(46)50(39)51)48-43(29-15-5-3-6-16-29)40-27-38-32-20-10-9-19-31(32)34-22-13-23-35(45(34)38)47(40)44(49(41)48)30-17-7-4-8-18-30/h3-28H,1-2H3. The molecule has 1 aliphatic rings. The summed E-state index contributed by atoms with van der Waals surface area (Å²) in [5, 5.41) is 18.9. The van der Waals surface area contributed by atoms with Gasteiger partial charge in [-0.25, -0.2) is 0 Å². The van der Waals surface area contributed by atoms with E-state index in [0.29, 0.717) is 0 Å². The summed E-state index contributed by atoms with van der Waals surface area (Å²) in [4.78, 5) is 0. The molecule has 0 spiro atoms. The van der Waals surface area contributed by atoms with Crippen molar-refractivity contribution in [2.24, 2.45) is 0 Å². The predicted molar refractivity (Wildman–Crippen MR) is 220 cm³/mol. The molecule has 51 heavy (non-hydrogen) atoms. The van der Waals surface area contributed by atoms with Crippen molar-refractivity contribution in [3.63, 3.8) is 0 Å². The first-order valence-electron chi connectivity index (χ1n) is 18.1. The van der Waals surface area contributed by atoms with Crippen LogP contribution in [0.5, 0.6) is 0 Å². The van der Waals surface area contributed by atoms with Crippen LogP contribution in [-0.2, 0) is 5.41 Å². The third kappa shape index (κ3) is 3.31. The highest BCUT2D eigenvalue weighted by atomic mass is 14.4. The quantitative estimate of drug-likeness (QED) is 0.164. The normalized spacial score (nSPS) is 13.8. The predicted octanol–water partition coefficient (Wildman–Crippen LogP) is 14.3. The number of rotatable bonds is 2. The van der Waals surface area contributed by atoms with E-state index < -0.39 is 0 Å². The van der Waals surface area contributed by atoms with Gasteiger partial charge in [0.25, 0.3) is 0 Å². The zero-order valence-corrected chi connectivity index (χ0v) is 28.5. The Morgan fingerprint density at radius 1 is 0.314 bits per heavy atom. The molecule has 1 aliphatic carbocycles. The smallest absolute Gasteiger partial charge is 0.0165 e. The van der Waals surface area contributed by atoms with Crippen molar-refractivity contribution in [3.05, 3.63) is 169 Å². The molecule has 0 nitrogen and oxygen atoms in total. The molecule has 0 unspecified atom stereocenters. The van der Waals surface area contributed by atoms with Gasteiger partial charge in [-0.3, -0.25) is 0 Å². The zero-order valence-electron chi connectivity index (χ0n) is 28.5. The highest BCUT2D eigenvalue weighted by Gasteiger charge is 2.38. The molecule has 12 rings (SSSR count). The van der Waals surface area contributed by atoms with Crippen LogP contribution < -0.4 is 0 Å². The minimum atomic E-state index is -0.0982. The third-order valence-corrected chi connectivity index (χ3v) is 12.3. The van der Waals surface area contributed by atoms with Gasteiger partial charge in [0.2, 0.25) is 0 Å². The monoisotopic (exact) mass is 644 g/mol. The maximum Gasteiger partial charge on any atom is 0.0165 e. The highest BCUT2D eigenvalue weighted by molar-refractivity contribution is 6.45. The molecule has 0 heterocycles. The van der Waals surface area contributed by atoms with Gasteiger partial charge in [-0.15, -0.1) is 0 Å². The van der Waals surface area contributed by atoms with Crippen LogP contribution in [0.25, 0.3) is 109 Å². The lowest BCUT2D eigenvalue weighted by Crippen LogP contribution is -2.15. The van der Waals surface area contributed by atoms with Crippen molar-refractivity contribution < 1.29 is 0 Å². The van der Waals surface area contributed by atoms with Crippen molar-refractivity contribution in [1.29, 1.82) is 0 Å². The second-order valence-electron chi connectivity index (χ2n) is 15.1. The molecule has 0 fully saturated rings. The Kier molecular flexibility index (Phi) is 5.14. The van der Waals surface area contributed by atoms with Crippen LogP contribution in [0.2, 0.25) is 0 Å². The minimum Gasteiger partial charge on any atom is -0.0622 e. The molecule has 0 saturated heterocycles. The molecular weight excluding hydrogens is 613 g/mol. The van der Waals surface area contributed by atoms with Crippen molar-refractivity contribution in [3.8, 4) is 33.4 Å². The Labute approximate surface area is 295 Å². The van der Waals surface area contributed by atoms with Gasteiger partial charge in [-0.1, -0.05) is 159 Å². The molecule has 0 aromatic heterocycles. The Hall–Kier alpha value is -6.24. The number of benzene rings is 9. The fraction of sp³-hybridized carbons (Fsp3) is 0.0588. The van der Waals surface area contributed by atoms with E-state index in [1.165, 1.54) is 120 Å². The molecule has 0 heteroatoms. The Morgan fingerprint density at radius 2 is 0.843 bits per heavy atom. The zero-order chi connectivity index (χ0) is 33.6. The summed E-state index contributed by atoms with van der Waals surface area (Å²) in [5.41, 5.74) is 10.7. The topological polar surface area (TPSA) is 0 Å². The van der Waals surface area contributed by atoms with Gasteiger partial charge in [-0.2, -0.15) is 0 Å². The number of hydrogen-bond donors (Lipinski definition) is 0. The summed E-state index contributed by atoms with van der Waals surface area (Å²) in [6.07, 6.45) is 0. The van der Waals surface area contributed by atoms with Crippen LogP contribution in [0.15, 0.2) is 158 Å². The first-order chi connectivity index (χ1) is 25.1. The summed E-state index contributed by atoms with van der Waals surface area (Å²) in [6.45, 7) is 4.82. The third-order valence-electron chi connectivity index (χ3n) is 12.3. The Morgan fingerprint density at radius 3 is 1.59 bits per heavy atom. The van der Waals surface area contributed by atoms with Crippen molar-refractivity contribution in [2.75, 3.05) is 0 Å². The average molecular weight is 645 g/mol. The molecule has 0 saturated carbocycles. The van der Waals surface area contributed by atoms with E-state index >= 15 is 0 Å². The number of fused-ring (bicyclic) bond motifs is 12. The second-order valence-corrected chi connectivity index (χ2v) is 15.1. The Bertz CT molecular complexity index is 3240. The van der Waals surface area contributed by atoms with Crippen LogP contribution in [0.4, 0.5) is 0 Å². The maximum absolute atomic E-state index is 2.56. The largest absolute Gasteiger partial charge is 0.0622 e. The number of hydrogen-bond acceptors (Lipinski definition) is 0. The average Bonchev–Trinajstić information content (AvgIpc) is 3.76. The molecule has 0 amide bonds. The van der Waals surface area contributed by atoms with Gasteiger partial charge in [0, 0.05) is 5.41 Å². The minimum absolute atomic E-state index is 0.0982. The SMILES string of the molecule is CC1(C)c2ccccc2-c2cc3c4c(-c5ccccc5)c5c(cc6c7ccccc7c7cccc5c76)c(-c5ccccc5)c4c4cccc(c21)c43. The van der Waals surface area contributed by atoms with Gasteiger partial charge in [0.15, 0.2) is 0 Å². The molecule has 0 N–H and O–H groups in total. The summed E-state index contributed by atoms with van der Waals surface area (Å²) >= 11 is 0. The molecule has 0 atom stereocenters. The molecular formula is C51H32. The van der Waals surface area contributed by atoms with Gasteiger partial charge in [0.1, 0.15) is 0 Å². The fourth-order valence-corrected chi connectivity index (χ4v) is 10.4. The van der Waals surface area contributed by atoms with Gasteiger partial charge in [-0.05, 0) is 132 Å². The van der Waals surface area contributed by atoms with E-state index in [1.54, 1.807) is 0 Å². The van der Waals surface area contributed by atoms with Crippen LogP contribution in [0.1, 0.15) is 25.0 Å². The summed E-state index contributed by atoms with van der Waals surface area (Å²) in [7, 11) is 0. The lowest BCUT2D eigenvalue weighted by Gasteiger charge is -2.23. The van der Waals surface area contributed by atoms with Crippen molar-refractivity contribution in [1.82, 2.24) is 0 Å². The van der Waals surface area contributed by atoms with Crippen LogP contribution in [0, 0.1) is 0 Å². The van der Waals surface area contributed by atoms with E-state index in [0.717, 1.165) is 0 Å². The van der Waals surface area contributed by atoms with Crippen LogP contribution in [0.3, 0.4) is 0 Å². The molecule has 11 aromatic rings. The molecule has 236 valence electrons. The van der Waals surface area contributed by atoms with E-state index in [9.17, 15) is 0 Å². The summed E-state index contributed by atoms with van der Waals surface area (Å²) < 4.78 is 0. The second kappa shape index (κ2) is 9.50. The lowest BCUT2D eigenvalue weighted by atomic mass is 9.80. The fourth-order valence-electron chi connectivity index (χ4n) is 10.4. The molecule has 11 aromatic carbocycles. The highest BCUT2D eigenvalue weighted by Crippen LogP contribution is 2.58. The summed E-state index contributed by atoms with van der Waals surface area (Å²) in [5.74, 6) is 0. The van der Waals surface area contributed by atoms with Gasteiger partial charge >= 0.3 is 0 Å². The summed E-state index contributed by atoms with van der Waals surface area (Å²) in [6, 6.07) is 59.5. The molecule has 0 radical (unpaired) electrons. The first kappa shape index (κ1) is 27.6.